The summed E-state index contributed by atoms with van der Waals surface area (Å²) in [5.74, 6) is 0. The average Bonchev–Trinajstić information content (AvgIpc) is 2.95. The van der Waals surface area contributed by atoms with E-state index in [1.54, 1.807) is 11.3 Å². The number of hydrogen-bond acceptors (Lipinski definition) is 3. The lowest BCUT2D eigenvalue weighted by molar-refractivity contribution is 0.898. The molecule has 3 nitrogen and oxygen atoms in total. The summed E-state index contributed by atoms with van der Waals surface area (Å²) < 4.78 is 2.21. The molecule has 3 aromatic rings. The normalized spacial score (nSPS) is 11.4. The Labute approximate surface area is 127 Å². The van der Waals surface area contributed by atoms with Gasteiger partial charge in [-0.2, -0.15) is 0 Å². The molecule has 2 aromatic heterocycles. The minimum atomic E-state index is 0.614. The summed E-state index contributed by atoms with van der Waals surface area (Å²) in [5.41, 5.74) is 11.3. The largest absolute Gasteiger partial charge is 0.330 e. The molecule has 1 aromatic carbocycles. The van der Waals surface area contributed by atoms with Crippen molar-refractivity contribution in [1.82, 2.24) is 9.38 Å². The molecule has 0 atom stereocenters. The number of benzene rings is 1. The summed E-state index contributed by atoms with van der Waals surface area (Å²) in [7, 11) is 0. The number of rotatable bonds is 3. The lowest BCUT2D eigenvalue weighted by Gasteiger charge is -2.06. The van der Waals surface area contributed by atoms with Crippen molar-refractivity contribution in [2.45, 2.75) is 20.3 Å². The number of hydrogen-bond donors (Lipinski definition) is 1. The molecule has 2 N–H and O–H groups in total. The lowest BCUT2D eigenvalue weighted by Crippen LogP contribution is -2.06. The number of aromatic nitrogens is 2. The Morgan fingerprint density at radius 2 is 2.15 bits per heavy atom. The summed E-state index contributed by atoms with van der Waals surface area (Å²) in [6.07, 6.45) is 0.815. The maximum absolute atomic E-state index is 6.11. The van der Waals surface area contributed by atoms with Crippen LogP contribution < -0.4 is 5.73 Å². The molecule has 2 heterocycles. The maximum Gasteiger partial charge on any atom is 0.194 e. The van der Waals surface area contributed by atoms with E-state index >= 15 is 0 Å². The summed E-state index contributed by atoms with van der Waals surface area (Å²) in [6.45, 7) is 4.73. The van der Waals surface area contributed by atoms with Crippen molar-refractivity contribution in [2.24, 2.45) is 5.73 Å². The zero-order valence-corrected chi connectivity index (χ0v) is 13.1. The predicted octanol–water partition coefficient (Wildman–Crippen LogP) is 3.83. The number of imidazole rings is 1. The minimum absolute atomic E-state index is 0.614. The van der Waals surface area contributed by atoms with Crippen LogP contribution in [-0.4, -0.2) is 15.9 Å². The fraction of sp³-hybridized carbons (Fsp3) is 0.267. The van der Waals surface area contributed by atoms with Gasteiger partial charge in [-0.1, -0.05) is 17.7 Å². The third kappa shape index (κ3) is 2.14. The first-order valence-electron chi connectivity index (χ1n) is 6.54. The Kier molecular flexibility index (Phi) is 3.54. The van der Waals surface area contributed by atoms with Crippen LogP contribution in [0, 0.1) is 13.8 Å². The van der Waals surface area contributed by atoms with Crippen LogP contribution in [0.4, 0.5) is 0 Å². The topological polar surface area (TPSA) is 43.3 Å². The quantitative estimate of drug-likeness (QED) is 0.799. The van der Waals surface area contributed by atoms with Gasteiger partial charge in [-0.15, -0.1) is 11.3 Å². The Hall–Kier alpha value is -1.36. The molecule has 0 saturated heterocycles. The summed E-state index contributed by atoms with van der Waals surface area (Å²) in [5, 5.41) is 2.91. The van der Waals surface area contributed by atoms with E-state index in [9.17, 15) is 0 Å². The monoisotopic (exact) mass is 305 g/mol. The molecule has 0 saturated carbocycles. The molecule has 0 aliphatic heterocycles. The molecule has 0 radical (unpaired) electrons. The van der Waals surface area contributed by atoms with E-state index in [0.717, 1.165) is 33.2 Å². The van der Waals surface area contributed by atoms with Crippen LogP contribution in [0.5, 0.6) is 0 Å². The number of halogens is 1. The van der Waals surface area contributed by atoms with Gasteiger partial charge in [0.25, 0.3) is 0 Å². The molecule has 104 valence electrons. The maximum atomic E-state index is 6.11. The van der Waals surface area contributed by atoms with Crippen LogP contribution in [0.25, 0.3) is 16.2 Å². The Morgan fingerprint density at radius 1 is 1.35 bits per heavy atom. The van der Waals surface area contributed by atoms with E-state index in [1.807, 2.05) is 19.1 Å². The summed E-state index contributed by atoms with van der Waals surface area (Å²) >= 11 is 7.77. The van der Waals surface area contributed by atoms with Crippen LogP contribution in [0.2, 0.25) is 5.02 Å². The lowest BCUT2D eigenvalue weighted by atomic mass is 10.1. The van der Waals surface area contributed by atoms with Gasteiger partial charge in [0.1, 0.15) is 0 Å². The fourth-order valence-electron chi connectivity index (χ4n) is 2.46. The van der Waals surface area contributed by atoms with E-state index in [4.69, 9.17) is 22.3 Å². The van der Waals surface area contributed by atoms with Crippen molar-refractivity contribution in [1.29, 1.82) is 0 Å². The number of fused-ring (bicyclic) bond motifs is 1. The van der Waals surface area contributed by atoms with E-state index in [-0.39, 0.29) is 0 Å². The SMILES string of the molecule is Cc1cc(-c2nc3scc(C)n3c2CCN)ccc1Cl. The van der Waals surface area contributed by atoms with Gasteiger partial charge < -0.3 is 5.73 Å². The highest BCUT2D eigenvalue weighted by Crippen LogP contribution is 2.30. The van der Waals surface area contributed by atoms with Gasteiger partial charge in [0.2, 0.25) is 0 Å². The van der Waals surface area contributed by atoms with Gasteiger partial charge in [-0.05, 0) is 38.1 Å². The molecule has 0 unspecified atom stereocenters. The second-order valence-corrected chi connectivity index (χ2v) is 6.15. The molecule has 20 heavy (non-hydrogen) atoms. The van der Waals surface area contributed by atoms with Crippen LogP contribution in [0.3, 0.4) is 0 Å². The highest BCUT2D eigenvalue weighted by atomic mass is 35.5. The summed E-state index contributed by atoms with van der Waals surface area (Å²) in [6, 6.07) is 6.04. The van der Waals surface area contributed by atoms with Gasteiger partial charge in [0.15, 0.2) is 4.96 Å². The zero-order chi connectivity index (χ0) is 14.3. The Morgan fingerprint density at radius 3 is 2.85 bits per heavy atom. The number of nitrogens with two attached hydrogens (primary N) is 1. The first-order valence-corrected chi connectivity index (χ1v) is 7.79. The molecule has 0 amide bonds. The third-order valence-corrected chi connectivity index (χ3v) is 4.81. The number of aryl methyl sites for hydroxylation is 2. The molecule has 3 rings (SSSR count). The molecule has 0 spiro atoms. The standard InChI is InChI=1S/C15H16ClN3S/c1-9-7-11(3-4-12(9)16)14-13(5-6-17)19-10(2)8-20-15(19)18-14/h3-4,7-8H,5-6,17H2,1-2H3. The Bertz CT molecular complexity index is 773. The highest BCUT2D eigenvalue weighted by molar-refractivity contribution is 7.15. The van der Waals surface area contributed by atoms with Crippen molar-refractivity contribution in [3.8, 4) is 11.3 Å². The van der Waals surface area contributed by atoms with E-state index in [1.165, 1.54) is 11.4 Å². The predicted molar refractivity (Wildman–Crippen MR) is 85.7 cm³/mol. The molecule has 0 bridgehead atoms. The first-order chi connectivity index (χ1) is 9.61. The molecule has 0 fully saturated rings. The molecule has 0 aliphatic rings. The van der Waals surface area contributed by atoms with Gasteiger partial charge in [-0.25, -0.2) is 4.98 Å². The number of nitrogens with zero attached hydrogens (tertiary/aromatic N) is 2. The van der Waals surface area contributed by atoms with Crippen LogP contribution in [0.1, 0.15) is 17.0 Å². The van der Waals surface area contributed by atoms with Crippen molar-refractivity contribution in [3.05, 3.63) is 45.6 Å². The van der Waals surface area contributed by atoms with Crippen LogP contribution >= 0.6 is 22.9 Å². The van der Waals surface area contributed by atoms with E-state index in [2.05, 4.69) is 22.8 Å². The van der Waals surface area contributed by atoms with Crippen molar-refractivity contribution in [2.75, 3.05) is 6.54 Å². The minimum Gasteiger partial charge on any atom is -0.330 e. The molecule has 5 heteroatoms. The third-order valence-electron chi connectivity index (χ3n) is 3.44. The van der Waals surface area contributed by atoms with Crippen molar-refractivity contribution >= 4 is 27.9 Å². The summed E-state index contributed by atoms with van der Waals surface area (Å²) in [4.78, 5) is 5.80. The van der Waals surface area contributed by atoms with E-state index < -0.39 is 0 Å². The molecule has 0 aliphatic carbocycles. The second-order valence-electron chi connectivity index (χ2n) is 4.90. The smallest absolute Gasteiger partial charge is 0.194 e. The van der Waals surface area contributed by atoms with Gasteiger partial charge in [0.05, 0.1) is 11.4 Å². The van der Waals surface area contributed by atoms with Crippen molar-refractivity contribution < 1.29 is 0 Å². The highest BCUT2D eigenvalue weighted by Gasteiger charge is 2.16. The van der Waals surface area contributed by atoms with Crippen molar-refractivity contribution in [3.63, 3.8) is 0 Å². The second kappa shape index (κ2) is 5.20. The average molecular weight is 306 g/mol. The number of thiazole rings is 1. The van der Waals surface area contributed by atoms with Gasteiger partial charge in [0, 0.05) is 28.1 Å². The van der Waals surface area contributed by atoms with Crippen LogP contribution in [0.15, 0.2) is 23.6 Å². The van der Waals surface area contributed by atoms with E-state index in [0.29, 0.717) is 6.54 Å². The van der Waals surface area contributed by atoms with Crippen LogP contribution in [-0.2, 0) is 6.42 Å². The molecular weight excluding hydrogens is 290 g/mol. The Balaban J connectivity index is 2.23. The van der Waals surface area contributed by atoms with Gasteiger partial charge >= 0.3 is 0 Å². The fourth-order valence-corrected chi connectivity index (χ4v) is 3.46. The zero-order valence-electron chi connectivity index (χ0n) is 11.5. The first kappa shape index (κ1) is 13.6. The van der Waals surface area contributed by atoms with Gasteiger partial charge in [-0.3, -0.25) is 4.40 Å². The molecular formula is C15H16ClN3S.